The highest BCUT2D eigenvalue weighted by Crippen LogP contribution is 2.33. The molecule has 1 fully saturated rings. The molecule has 5 rings (SSSR count). The van der Waals surface area contributed by atoms with Gasteiger partial charge in [0.05, 0.1) is 30.6 Å². The van der Waals surface area contributed by atoms with Gasteiger partial charge in [0, 0.05) is 26.2 Å². The number of alkyl halides is 1. The van der Waals surface area contributed by atoms with Crippen LogP contribution in [0.3, 0.4) is 0 Å². The second kappa shape index (κ2) is 9.36. The van der Waals surface area contributed by atoms with Crippen LogP contribution in [0.2, 0.25) is 0 Å². The summed E-state index contributed by atoms with van der Waals surface area (Å²) in [5.41, 5.74) is 4.14. The number of hydrogen-bond acceptors (Lipinski definition) is 5. The maximum absolute atomic E-state index is 6.98. The smallest absolute Gasteiger partial charge is 0.181 e. The third-order valence-corrected chi connectivity index (χ3v) is 6.53. The van der Waals surface area contributed by atoms with Gasteiger partial charge in [0.2, 0.25) is 0 Å². The van der Waals surface area contributed by atoms with Gasteiger partial charge in [-0.05, 0) is 18.1 Å². The maximum Gasteiger partial charge on any atom is 0.181 e. The Bertz CT molecular complexity index is 1120. The van der Waals surface area contributed by atoms with Crippen molar-refractivity contribution in [1.82, 2.24) is 29.3 Å². The molecule has 1 unspecified atom stereocenters. The predicted octanol–water partition coefficient (Wildman–Crippen LogP) is 4.32. The summed E-state index contributed by atoms with van der Waals surface area (Å²) in [6.45, 7) is 6.15. The van der Waals surface area contributed by atoms with Gasteiger partial charge in [-0.2, -0.15) is 0 Å². The topological polar surface area (TPSA) is 50.1 Å². The summed E-state index contributed by atoms with van der Waals surface area (Å²) in [4.78, 5) is 18.4. The molecule has 0 radical (unpaired) electrons. The second-order valence-electron chi connectivity index (χ2n) is 8.16. The Morgan fingerprint density at radius 3 is 2.28 bits per heavy atom. The summed E-state index contributed by atoms with van der Waals surface area (Å²) in [6, 6.07) is 21.4. The fourth-order valence-electron chi connectivity index (χ4n) is 4.50. The first kappa shape index (κ1) is 21.1. The average Bonchev–Trinajstić information content (AvgIpc) is 3.24. The number of benzene rings is 2. The first-order valence-corrected chi connectivity index (χ1v) is 11.6. The van der Waals surface area contributed by atoms with Crippen molar-refractivity contribution in [2.45, 2.75) is 31.6 Å². The summed E-state index contributed by atoms with van der Waals surface area (Å²) in [5.74, 6) is 0.791. The molecule has 1 atom stereocenters. The molecule has 6 nitrogen and oxygen atoms in total. The van der Waals surface area contributed by atoms with Crippen molar-refractivity contribution in [3.8, 4) is 0 Å². The molecule has 1 saturated heterocycles. The lowest BCUT2D eigenvalue weighted by Gasteiger charge is -2.42. The summed E-state index contributed by atoms with van der Waals surface area (Å²) in [7, 11) is 0. The molecular formula is C25H27ClN6. The average molecular weight is 447 g/mol. The molecule has 0 amide bonds. The number of aromatic nitrogens is 4. The molecule has 164 valence electrons. The molecule has 3 heterocycles. The largest absolute Gasteiger partial charge is 0.328 e. The normalized spacial score (nSPS) is 17.9. The Labute approximate surface area is 193 Å². The summed E-state index contributed by atoms with van der Waals surface area (Å²) in [5, 5.41) is 0. The number of rotatable bonds is 6. The summed E-state index contributed by atoms with van der Waals surface area (Å²) >= 11 is 6.98. The van der Waals surface area contributed by atoms with Gasteiger partial charge in [-0.3, -0.25) is 9.80 Å². The van der Waals surface area contributed by atoms with Gasteiger partial charge in [-0.25, -0.2) is 15.0 Å². The van der Waals surface area contributed by atoms with Crippen molar-refractivity contribution in [3.05, 3.63) is 90.1 Å². The van der Waals surface area contributed by atoms with Crippen molar-refractivity contribution in [3.63, 3.8) is 0 Å². The Morgan fingerprint density at radius 1 is 0.969 bits per heavy atom. The van der Waals surface area contributed by atoms with E-state index in [1.165, 1.54) is 11.1 Å². The molecule has 1 aliphatic rings. The maximum atomic E-state index is 6.98. The lowest BCUT2D eigenvalue weighted by atomic mass is 9.96. The van der Waals surface area contributed by atoms with Gasteiger partial charge in [-0.1, -0.05) is 60.7 Å². The van der Waals surface area contributed by atoms with Gasteiger partial charge < -0.3 is 4.57 Å². The summed E-state index contributed by atoms with van der Waals surface area (Å²) in [6.07, 6.45) is 3.70. The van der Waals surface area contributed by atoms with E-state index in [1.54, 1.807) is 0 Å². The molecule has 0 bridgehead atoms. The van der Waals surface area contributed by atoms with Crippen LogP contribution in [0.1, 0.15) is 29.9 Å². The van der Waals surface area contributed by atoms with E-state index in [4.69, 9.17) is 11.6 Å². The van der Waals surface area contributed by atoms with Gasteiger partial charge >= 0.3 is 0 Å². The number of aryl methyl sites for hydroxylation is 1. The van der Waals surface area contributed by atoms with Gasteiger partial charge in [0.25, 0.3) is 0 Å². The monoisotopic (exact) mass is 446 g/mol. The van der Waals surface area contributed by atoms with E-state index in [2.05, 4.69) is 96.9 Å². The van der Waals surface area contributed by atoms with Gasteiger partial charge in [0.15, 0.2) is 5.65 Å². The number of hydrogen-bond donors (Lipinski definition) is 0. The third-order valence-electron chi connectivity index (χ3n) is 6.14. The van der Waals surface area contributed by atoms with Gasteiger partial charge in [-0.15, -0.1) is 11.6 Å². The molecule has 0 N–H and O–H groups in total. The van der Waals surface area contributed by atoms with Crippen LogP contribution < -0.4 is 0 Å². The Balaban J connectivity index is 1.33. The number of fused-ring (bicyclic) bond motifs is 1. The minimum absolute atomic E-state index is 0.114. The van der Waals surface area contributed by atoms with E-state index >= 15 is 0 Å². The number of piperazine rings is 1. The third kappa shape index (κ3) is 4.26. The van der Waals surface area contributed by atoms with E-state index in [0.29, 0.717) is 6.54 Å². The number of imidazole rings is 1. The summed E-state index contributed by atoms with van der Waals surface area (Å²) < 4.78 is 2.06. The molecule has 7 heteroatoms. The van der Waals surface area contributed by atoms with Gasteiger partial charge in [0.1, 0.15) is 11.3 Å². The van der Waals surface area contributed by atoms with Crippen molar-refractivity contribution in [2.75, 3.05) is 19.6 Å². The highest BCUT2D eigenvalue weighted by molar-refractivity contribution is 6.20. The molecule has 2 aromatic heterocycles. The molecular weight excluding hydrogens is 420 g/mol. The highest BCUT2D eigenvalue weighted by Gasteiger charge is 2.32. The fraction of sp³-hybridized carbons (Fsp3) is 0.320. The van der Waals surface area contributed by atoms with Crippen LogP contribution in [0, 0.1) is 0 Å². The number of nitrogens with zero attached hydrogens (tertiary/aromatic N) is 6. The zero-order valence-electron chi connectivity index (χ0n) is 18.2. The molecule has 32 heavy (non-hydrogen) atoms. The van der Waals surface area contributed by atoms with Crippen LogP contribution in [0.25, 0.3) is 11.2 Å². The highest BCUT2D eigenvalue weighted by atomic mass is 35.5. The molecule has 0 spiro atoms. The minimum atomic E-state index is -0.114. The minimum Gasteiger partial charge on any atom is -0.328 e. The van der Waals surface area contributed by atoms with E-state index in [9.17, 15) is 0 Å². The van der Waals surface area contributed by atoms with Crippen molar-refractivity contribution in [1.29, 1.82) is 0 Å². The predicted molar refractivity (Wildman–Crippen MR) is 127 cm³/mol. The Morgan fingerprint density at radius 2 is 1.66 bits per heavy atom. The lowest BCUT2D eigenvalue weighted by molar-refractivity contribution is 0.0835. The molecule has 0 saturated carbocycles. The zero-order valence-corrected chi connectivity index (χ0v) is 18.9. The molecule has 0 aliphatic carbocycles. The standard InChI is InChI=1S/C25H27ClN6/c1-2-31-18-28-25-21(31)15-27-23(29-25)17-30-13-14-32(22(26)16-30)24(19-9-5-3-6-10-19)20-11-7-4-8-12-20/h3-12,15,18,22,24H,2,13-14,16-17H2,1H3. The van der Waals surface area contributed by atoms with Crippen LogP contribution in [-0.2, 0) is 13.1 Å². The van der Waals surface area contributed by atoms with Crippen LogP contribution in [0.5, 0.6) is 0 Å². The van der Waals surface area contributed by atoms with Crippen molar-refractivity contribution < 1.29 is 0 Å². The van der Waals surface area contributed by atoms with E-state index in [1.807, 2.05) is 12.5 Å². The zero-order chi connectivity index (χ0) is 21.9. The van der Waals surface area contributed by atoms with Crippen LogP contribution in [0.4, 0.5) is 0 Å². The second-order valence-corrected chi connectivity index (χ2v) is 8.66. The quantitative estimate of drug-likeness (QED) is 0.326. The van der Waals surface area contributed by atoms with Crippen LogP contribution in [-0.4, -0.2) is 54.5 Å². The number of halogens is 1. The molecule has 4 aromatic rings. The van der Waals surface area contributed by atoms with Crippen LogP contribution in [0.15, 0.2) is 73.2 Å². The van der Waals surface area contributed by atoms with E-state index in [-0.39, 0.29) is 11.5 Å². The lowest BCUT2D eigenvalue weighted by Crippen LogP contribution is -2.51. The first-order chi connectivity index (χ1) is 15.7. The SMILES string of the molecule is CCn1cnc2nc(CN3CCN(C(c4ccccc4)c4ccccc4)C(Cl)C3)ncc21. The molecule has 1 aliphatic heterocycles. The van der Waals surface area contributed by atoms with Crippen molar-refractivity contribution in [2.24, 2.45) is 0 Å². The Kier molecular flexibility index (Phi) is 6.17. The first-order valence-electron chi connectivity index (χ1n) is 11.1. The fourth-order valence-corrected chi connectivity index (χ4v) is 4.91. The van der Waals surface area contributed by atoms with E-state index in [0.717, 1.165) is 43.2 Å². The Hall–Kier alpha value is -2.80. The van der Waals surface area contributed by atoms with Crippen LogP contribution >= 0.6 is 11.6 Å². The molecule has 2 aromatic carbocycles. The van der Waals surface area contributed by atoms with E-state index < -0.39 is 0 Å². The van der Waals surface area contributed by atoms with Crippen molar-refractivity contribution >= 4 is 22.8 Å².